The van der Waals surface area contributed by atoms with E-state index in [4.69, 9.17) is 11.6 Å². The Hall–Kier alpha value is -3.52. The Morgan fingerprint density at radius 1 is 1.06 bits per heavy atom. The molecule has 9 heteroatoms. The topological polar surface area (TPSA) is 82.1 Å². The quantitative estimate of drug-likeness (QED) is 0.747. The summed E-state index contributed by atoms with van der Waals surface area (Å²) in [4.78, 5) is 40.8. The predicted molar refractivity (Wildman–Crippen MR) is 113 cm³/mol. The molecule has 3 heterocycles. The molecule has 7 nitrogen and oxygen atoms in total. The molecule has 2 fully saturated rings. The van der Waals surface area contributed by atoms with Gasteiger partial charge in [0.2, 0.25) is 17.7 Å². The van der Waals surface area contributed by atoms with Crippen molar-refractivity contribution in [2.75, 3.05) is 10.2 Å². The second-order valence-corrected chi connectivity index (χ2v) is 7.94. The lowest BCUT2D eigenvalue weighted by Gasteiger charge is -2.30. The number of allylic oxidation sites excluding steroid dienone is 1. The summed E-state index contributed by atoms with van der Waals surface area (Å²) < 4.78 is 13.7. The summed E-state index contributed by atoms with van der Waals surface area (Å²) in [6.07, 6.45) is 4.94. The average molecular weight is 439 g/mol. The number of carbonyl (C=O) groups excluding carboxylic acids is 3. The van der Waals surface area contributed by atoms with Crippen molar-refractivity contribution < 1.29 is 18.8 Å². The summed E-state index contributed by atoms with van der Waals surface area (Å²) in [5, 5.41) is 9.07. The van der Waals surface area contributed by atoms with Crippen LogP contribution in [0.2, 0.25) is 5.02 Å². The second kappa shape index (κ2) is 7.31. The van der Waals surface area contributed by atoms with Crippen LogP contribution in [0.25, 0.3) is 0 Å². The Bertz CT molecular complexity index is 1150. The van der Waals surface area contributed by atoms with Crippen LogP contribution in [-0.2, 0) is 14.4 Å². The Balaban J connectivity index is 1.51. The summed E-state index contributed by atoms with van der Waals surface area (Å²) in [5.41, 5.74) is 0.654. The monoisotopic (exact) mass is 438 g/mol. The standard InChI is InChI=1S/C22H16ClFN4O3/c23-12-6-8-14(9-7-12)26-20(29)19-18-17(16-5-2-10-25-28(16)19)21(30)27(22(18)31)15-4-1-3-13(24)11-15/h1-11,16-19H,(H,26,29)/t16-,17-,18-,19+/m0/s1. The van der Waals surface area contributed by atoms with Crippen molar-refractivity contribution in [3.8, 4) is 0 Å². The molecule has 0 saturated carbocycles. The van der Waals surface area contributed by atoms with Crippen LogP contribution < -0.4 is 10.2 Å². The zero-order valence-electron chi connectivity index (χ0n) is 16.0. The molecule has 0 aliphatic carbocycles. The van der Waals surface area contributed by atoms with Crippen LogP contribution in [0.4, 0.5) is 15.8 Å². The maximum atomic E-state index is 13.7. The molecule has 5 rings (SSSR count). The molecular formula is C22H16ClFN4O3. The predicted octanol–water partition coefficient (Wildman–Crippen LogP) is 2.83. The molecular weight excluding hydrogens is 423 g/mol. The van der Waals surface area contributed by atoms with E-state index in [-0.39, 0.29) is 5.69 Å². The molecule has 156 valence electrons. The maximum absolute atomic E-state index is 13.7. The van der Waals surface area contributed by atoms with Crippen molar-refractivity contribution >= 4 is 46.9 Å². The van der Waals surface area contributed by atoms with Gasteiger partial charge in [0, 0.05) is 16.9 Å². The van der Waals surface area contributed by atoms with Crippen LogP contribution in [0.3, 0.4) is 0 Å². The number of rotatable bonds is 3. The molecule has 3 amide bonds. The molecule has 2 aromatic carbocycles. The molecule has 0 aromatic heterocycles. The van der Waals surface area contributed by atoms with E-state index in [1.165, 1.54) is 29.4 Å². The smallest absolute Gasteiger partial charge is 0.249 e. The highest BCUT2D eigenvalue weighted by Gasteiger charge is 2.64. The van der Waals surface area contributed by atoms with Crippen molar-refractivity contribution in [1.82, 2.24) is 5.01 Å². The van der Waals surface area contributed by atoms with Gasteiger partial charge in [0.05, 0.1) is 23.6 Å². The lowest BCUT2D eigenvalue weighted by atomic mass is 9.88. The number of nitrogens with zero attached hydrogens (tertiary/aromatic N) is 3. The molecule has 4 atom stereocenters. The number of hydrazone groups is 1. The van der Waals surface area contributed by atoms with E-state index >= 15 is 0 Å². The van der Waals surface area contributed by atoms with Gasteiger partial charge in [0.1, 0.15) is 11.9 Å². The third-order valence-electron chi connectivity index (χ3n) is 5.74. The number of fused-ring (bicyclic) bond motifs is 3. The summed E-state index contributed by atoms with van der Waals surface area (Å²) in [6, 6.07) is 10.3. The Morgan fingerprint density at radius 3 is 2.55 bits per heavy atom. The minimum absolute atomic E-state index is 0.149. The van der Waals surface area contributed by atoms with Crippen molar-refractivity contribution in [3.63, 3.8) is 0 Å². The van der Waals surface area contributed by atoms with E-state index in [0.717, 1.165) is 11.0 Å². The fourth-order valence-electron chi connectivity index (χ4n) is 4.46. The molecule has 31 heavy (non-hydrogen) atoms. The van der Waals surface area contributed by atoms with Gasteiger partial charge in [-0.25, -0.2) is 9.29 Å². The Kier molecular flexibility index (Phi) is 4.59. The lowest BCUT2D eigenvalue weighted by Crippen LogP contribution is -2.47. The van der Waals surface area contributed by atoms with Gasteiger partial charge in [-0.1, -0.05) is 23.7 Å². The normalized spacial score (nSPS) is 26.3. The van der Waals surface area contributed by atoms with Gasteiger partial charge in [0.25, 0.3) is 0 Å². The van der Waals surface area contributed by atoms with Crippen LogP contribution in [0, 0.1) is 17.7 Å². The molecule has 0 radical (unpaired) electrons. The first-order valence-electron chi connectivity index (χ1n) is 9.64. The molecule has 0 bridgehead atoms. The van der Waals surface area contributed by atoms with Gasteiger partial charge < -0.3 is 5.32 Å². The summed E-state index contributed by atoms with van der Waals surface area (Å²) in [6.45, 7) is 0. The Labute approximate surface area is 181 Å². The minimum Gasteiger partial charge on any atom is -0.324 e. The van der Waals surface area contributed by atoms with E-state index in [2.05, 4.69) is 10.4 Å². The van der Waals surface area contributed by atoms with E-state index in [0.29, 0.717) is 10.7 Å². The number of hydrogen-bond acceptors (Lipinski definition) is 5. The minimum atomic E-state index is -0.998. The molecule has 0 spiro atoms. The van der Waals surface area contributed by atoms with E-state index < -0.39 is 47.5 Å². The molecule has 2 aromatic rings. The van der Waals surface area contributed by atoms with Crippen LogP contribution >= 0.6 is 11.6 Å². The van der Waals surface area contributed by atoms with Gasteiger partial charge in [-0.2, -0.15) is 5.10 Å². The maximum Gasteiger partial charge on any atom is 0.249 e. The van der Waals surface area contributed by atoms with E-state index in [1.807, 2.05) is 0 Å². The lowest BCUT2D eigenvalue weighted by molar-refractivity contribution is -0.129. The largest absolute Gasteiger partial charge is 0.324 e. The third-order valence-corrected chi connectivity index (χ3v) is 5.99. The zero-order chi connectivity index (χ0) is 21.7. The highest BCUT2D eigenvalue weighted by molar-refractivity contribution is 6.30. The number of anilines is 2. The van der Waals surface area contributed by atoms with Gasteiger partial charge in [-0.15, -0.1) is 0 Å². The van der Waals surface area contributed by atoms with Gasteiger partial charge >= 0.3 is 0 Å². The van der Waals surface area contributed by atoms with Gasteiger partial charge in [-0.3, -0.25) is 19.4 Å². The fraction of sp³-hybridized carbons (Fsp3) is 0.182. The van der Waals surface area contributed by atoms with Crippen molar-refractivity contribution in [3.05, 3.63) is 71.5 Å². The zero-order valence-corrected chi connectivity index (χ0v) is 16.7. The summed E-state index contributed by atoms with van der Waals surface area (Å²) in [7, 11) is 0. The SMILES string of the molecule is O=C(Nc1ccc(Cl)cc1)[C@H]1[C@H]2C(=O)N(c3cccc(F)c3)C(=O)[C@H]2[C@@H]2C=CC=NN21. The first-order valence-corrected chi connectivity index (χ1v) is 10.0. The van der Waals surface area contributed by atoms with Gasteiger partial charge in [0.15, 0.2) is 0 Å². The first kappa shape index (κ1) is 19.4. The van der Waals surface area contributed by atoms with Crippen LogP contribution in [0.15, 0.2) is 65.8 Å². The Morgan fingerprint density at radius 2 is 1.81 bits per heavy atom. The number of carbonyl (C=O) groups is 3. The molecule has 3 aliphatic rings. The van der Waals surface area contributed by atoms with Crippen LogP contribution in [-0.4, -0.2) is 41.0 Å². The molecule has 3 aliphatic heterocycles. The number of benzene rings is 2. The van der Waals surface area contributed by atoms with Crippen LogP contribution in [0.5, 0.6) is 0 Å². The second-order valence-electron chi connectivity index (χ2n) is 7.50. The highest BCUT2D eigenvalue weighted by Crippen LogP contribution is 2.45. The number of halogens is 2. The fourth-order valence-corrected chi connectivity index (χ4v) is 4.58. The first-order chi connectivity index (χ1) is 15.0. The number of hydrogen-bond donors (Lipinski definition) is 1. The summed E-state index contributed by atoms with van der Waals surface area (Å²) in [5.74, 6) is -3.79. The highest BCUT2D eigenvalue weighted by atomic mass is 35.5. The molecule has 1 N–H and O–H groups in total. The summed E-state index contributed by atoms with van der Waals surface area (Å²) >= 11 is 5.90. The van der Waals surface area contributed by atoms with Crippen molar-refractivity contribution in [2.24, 2.45) is 16.9 Å². The third kappa shape index (κ3) is 3.11. The van der Waals surface area contributed by atoms with Gasteiger partial charge in [-0.05, 0) is 48.5 Å². The van der Waals surface area contributed by atoms with Crippen LogP contribution in [0.1, 0.15) is 0 Å². The van der Waals surface area contributed by atoms with E-state index in [1.54, 1.807) is 36.4 Å². The van der Waals surface area contributed by atoms with Crippen molar-refractivity contribution in [1.29, 1.82) is 0 Å². The molecule has 0 unspecified atom stereocenters. The number of imide groups is 1. The number of nitrogens with one attached hydrogen (secondary N) is 1. The van der Waals surface area contributed by atoms with E-state index in [9.17, 15) is 18.8 Å². The number of amides is 3. The average Bonchev–Trinajstić information content (AvgIpc) is 3.23. The molecule has 2 saturated heterocycles. The van der Waals surface area contributed by atoms with Crippen molar-refractivity contribution in [2.45, 2.75) is 12.1 Å².